The molecule has 4 nitrogen and oxygen atoms in total. The van der Waals surface area contributed by atoms with Crippen LogP contribution in [0, 0.1) is 0 Å². The van der Waals surface area contributed by atoms with Crippen molar-refractivity contribution < 1.29 is 8.91 Å². The minimum Gasteiger partial charge on any atom is -0.338 e. The molecule has 2 N–H and O–H groups in total. The number of benzene rings is 1. The monoisotopic (exact) mass is 269 g/mol. The molecule has 18 heavy (non-hydrogen) atoms. The predicted molar refractivity (Wildman–Crippen MR) is 66.8 cm³/mol. The fraction of sp³-hybridized carbons (Fsp3) is 0.333. The normalized spacial score (nSPS) is 11.8. The van der Waals surface area contributed by atoms with Crippen LogP contribution in [0.4, 0.5) is 4.39 Å². The molecule has 2 rings (SSSR count). The van der Waals surface area contributed by atoms with E-state index in [4.69, 9.17) is 21.9 Å². The average molecular weight is 270 g/mol. The zero-order valence-electron chi connectivity index (χ0n) is 10.1. The maximum absolute atomic E-state index is 14.2. The van der Waals surface area contributed by atoms with Gasteiger partial charge in [0.2, 0.25) is 11.7 Å². The summed E-state index contributed by atoms with van der Waals surface area (Å²) in [6.45, 7) is 3.01. The summed E-state index contributed by atoms with van der Waals surface area (Å²) in [5, 5.41) is 4.11. The van der Waals surface area contributed by atoms with Crippen LogP contribution >= 0.6 is 11.6 Å². The van der Waals surface area contributed by atoms with Crippen LogP contribution in [-0.2, 0) is 12.2 Å². The molecule has 1 aromatic heterocycles. The minimum absolute atomic E-state index is 0.141. The number of aromatic nitrogens is 2. The van der Waals surface area contributed by atoms with Gasteiger partial charge in [-0.1, -0.05) is 28.9 Å². The van der Waals surface area contributed by atoms with Crippen LogP contribution in [0.1, 0.15) is 25.3 Å². The first-order valence-corrected chi connectivity index (χ1v) is 5.82. The van der Waals surface area contributed by atoms with Gasteiger partial charge in [0.05, 0.1) is 6.54 Å². The van der Waals surface area contributed by atoms with Gasteiger partial charge in [0.1, 0.15) is 5.67 Å². The van der Waals surface area contributed by atoms with E-state index in [1.54, 1.807) is 18.2 Å². The maximum atomic E-state index is 14.2. The van der Waals surface area contributed by atoms with Crippen LogP contribution in [0.25, 0.3) is 11.4 Å². The Morgan fingerprint density at radius 2 is 2.17 bits per heavy atom. The minimum atomic E-state index is -1.60. The van der Waals surface area contributed by atoms with Gasteiger partial charge >= 0.3 is 0 Å². The number of halogens is 2. The fourth-order valence-corrected chi connectivity index (χ4v) is 2.16. The summed E-state index contributed by atoms with van der Waals surface area (Å²) < 4.78 is 19.1. The van der Waals surface area contributed by atoms with E-state index in [2.05, 4.69) is 10.1 Å². The zero-order chi connectivity index (χ0) is 13.3. The van der Waals surface area contributed by atoms with Crippen molar-refractivity contribution in [3.63, 3.8) is 0 Å². The lowest BCUT2D eigenvalue weighted by Crippen LogP contribution is -2.12. The van der Waals surface area contributed by atoms with E-state index < -0.39 is 5.67 Å². The molecule has 0 aliphatic heterocycles. The quantitative estimate of drug-likeness (QED) is 0.930. The van der Waals surface area contributed by atoms with Gasteiger partial charge in [-0.2, -0.15) is 4.98 Å². The van der Waals surface area contributed by atoms with Gasteiger partial charge in [-0.05, 0) is 19.9 Å². The Kier molecular flexibility index (Phi) is 3.36. The Balaban J connectivity index is 2.60. The molecule has 0 aliphatic carbocycles. The third-order valence-corrected chi connectivity index (χ3v) is 2.81. The molecule has 0 unspecified atom stereocenters. The number of hydrogen-bond donors (Lipinski definition) is 1. The number of rotatable bonds is 3. The second-order valence-electron chi connectivity index (χ2n) is 4.35. The molecule has 0 radical (unpaired) electrons. The molecule has 0 saturated heterocycles. The van der Waals surface area contributed by atoms with Crippen LogP contribution < -0.4 is 5.73 Å². The Labute approximate surface area is 109 Å². The van der Waals surface area contributed by atoms with Crippen molar-refractivity contribution in [3.8, 4) is 11.4 Å². The molecule has 0 saturated carbocycles. The molecule has 0 aliphatic rings. The van der Waals surface area contributed by atoms with E-state index in [-0.39, 0.29) is 6.54 Å². The van der Waals surface area contributed by atoms with Crippen molar-refractivity contribution in [2.45, 2.75) is 26.1 Å². The molecule has 1 aromatic carbocycles. The van der Waals surface area contributed by atoms with Crippen molar-refractivity contribution in [3.05, 3.63) is 34.7 Å². The molecule has 0 fully saturated rings. The molecular formula is C12H13ClFN3O. The highest BCUT2D eigenvalue weighted by Crippen LogP contribution is 2.37. The molecule has 2 aromatic rings. The summed E-state index contributed by atoms with van der Waals surface area (Å²) in [6.07, 6.45) is 0. The summed E-state index contributed by atoms with van der Waals surface area (Å²) in [7, 11) is 0. The summed E-state index contributed by atoms with van der Waals surface area (Å²) >= 11 is 6.05. The number of nitrogens with zero attached hydrogens (tertiary/aromatic N) is 2. The van der Waals surface area contributed by atoms with Gasteiger partial charge in [0, 0.05) is 16.1 Å². The van der Waals surface area contributed by atoms with Gasteiger partial charge in [-0.3, -0.25) is 0 Å². The van der Waals surface area contributed by atoms with Crippen molar-refractivity contribution in [2.24, 2.45) is 5.73 Å². The number of alkyl halides is 1. The fourth-order valence-electron chi connectivity index (χ4n) is 1.76. The van der Waals surface area contributed by atoms with Crippen molar-refractivity contribution >= 4 is 11.6 Å². The van der Waals surface area contributed by atoms with Crippen LogP contribution in [0.15, 0.2) is 22.7 Å². The SMILES string of the molecule is CC(C)(F)c1c(Cl)cccc1-c1noc(CN)n1. The van der Waals surface area contributed by atoms with Crippen LogP contribution in [0.3, 0.4) is 0 Å². The van der Waals surface area contributed by atoms with E-state index >= 15 is 0 Å². The van der Waals surface area contributed by atoms with Gasteiger partial charge < -0.3 is 10.3 Å². The lowest BCUT2D eigenvalue weighted by atomic mass is 9.94. The highest BCUT2D eigenvalue weighted by molar-refractivity contribution is 6.31. The van der Waals surface area contributed by atoms with E-state index in [1.165, 1.54) is 13.8 Å². The molecule has 0 bridgehead atoms. The third kappa shape index (κ3) is 2.37. The zero-order valence-corrected chi connectivity index (χ0v) is 10.8. The lowest BCUT2D eigenvalue weighted by Gasteiger charge is -2.19. The third-order valence-electron chi connectivity index (χ3n) is 2.49. The molecule has 0 atom stereocenters. The standard InChI is InChI=1S/C12H13ClFN3O/c1-12(2,14)10-7(4-3-5-8(10)13)11-16-9(6-15)18-17-11/h3-5H,6,15H2,1-2H3. The first-order valence-electron chi connectivity index (χ1n) is 5.44. The summed E-state index contributed by atoms with van der Waals surface area (Å²) in [5.41, 5.74) is 4.65. The molecular weight excluding hydrogens is 257 g/mol. The van der Waals surface area contributed by atoms with Crippen molar-refractivity contribution in [1.29, 1.82) is 0 Å². The van der Waals surface area contributed by atoms with Gasteiger partial charge in [-0.25, -0.2) is 4.39 Å². The highest BCUT2D eigenvalue weighted by Gasteiger charge is 2.27. The lowest BCUT2D eigenvalue weighted by molar-refractivity contribution is 0.222. The highest BCUT2D eigenvalue weighted by atomic mass is 35.5. The maximum Gasteiger partial charge on any atom is 0.240 e. The van der Waals surface area contributed by atoms with Crippen molar-refractivity contribution in [2.75, 3.05) is 0 Å². The van der Waals surface area contributed by atoms with E-state index in [9.17, 15) is 4.39 Å². The average Bonchev–Trinajstić information content (AvgIpc) is 2.75. The van der Waals surface area contributed by atoms with Gasteiger partial charge in [0.15, 0.2) is 0 Å². The number of nitrogens with two attached hydrogens (primary N) is 1. The Morgan fingerprint density at radius 1 is 1.44 bits per heavy atom. The second kappa shape index (κ2) is 4.66. The molecule has 96 valence electrons. The van der Waals surface area contributed by atoms with Crippen LogP contribution in [-0.4, -0.2) is 10.1 Å². The smallest absolute Gasteiger partial charge is 0.240 e. The Bertz CT molecular complexity index is 563. The van der Waals surface area contributed by atoms with Crippen LogP contribution in [0.2, 0.25) is 5.02 Å². The summed E-state index contributed by atoms with van der Waals surface area (Å²) in [6, 6.07) is 5.05. The van der Waals surface area contributed by atoms with E-state index in [0.717, 1.165) is 0 Å². The largest absolute Gasteiger partial charge is 0.338 e. The van der Waals surface area contributed by atoms with Crippen molar-refractivity contribution in [1.82, 2.24) is 10.1 Å². The first kappa shape index (κ1) is 13.0. The number of hydrogen-bond acceptors (Lipinski definition) is 4. The first-order chi connectivity index (χ1) is 8.43. The van der Waals surface area contributed by atoms with Gasteiger partial charge in [0.25, 0.3) is 0 Å². The van der Waals surface area contributed by atoms with E-state index in [0.29, 0.717) is 27.9 Å². The topological polar surface area (TPSA) is 64.9 Å². The van der Waals surface area contributed by atoms with E-state index in [1.807, 2.05) is 0 Å². The predicted octanol–water partition coefficient (Wildman–Crippen LogP) is 3.05. The summed E-state index contributed by atoms with van der Waals surface area (Å²) in [5.74, 6) is 0.589. The van der Waals surface area contributed by atoms with Gasteiger partial charge in [-0.15, -0.1) is 0 Å². The molecule has 0 amide bonds. The molecule has 1 heterocycles. The Morgan fingerprint density at radius 3 is 2.72 bits per heavy atom. The second-order valence-corrected chi connectivity index (χ2v) is 4.76. The van der Waals surface area contributed by atoms with Crippen LogP contribution in [0.5, 0.6) is 0 Å². The summed E-state index contributed by atoms with van der Waals surface area (Å²) in [4.78, 5) is 4.09. The molecule has 6 heteroatoms. The Hall–Kier alpha value is -1.46. The molecule has 0 spiro atoms.